The Morgan fingerprint density at radius 3 is 2.63 bits per heavy atom. The summed E-state index contributed by atoms with van der Waals surface area (Å²) in [5.74, 6) is 0.250. The molecule has 0 N–H and O–H groups in total. The van der Waals surface area contributed by atoms with Crippen LogP contribution >= 0.6 is 11.3 Å². The van der Waals surface area contributed by atoms with Crippen LogP contribution in [0.3, 0.4) is 0 Å². The second-order valence-corrected chi connectivity index (χ2v) is 7.69. The number of amides is 1. The van der Waals surface area contributed by atoms with Crippen molar-refractivity contribution >= 4 is 32.6 Å². The van der Waals surface area contributed by atoms with Crippen molar-refractivity contribution in [3.05, 3.63) is 83.9 Å². The van der Waals surface area contributed by atoms with E-state index in [4.69, 9.17) is 4.74 Å². The molecule has 0 unspecified atom stereocenters. The van der Waals surface area contributed by atoms with Gasteiger partial charge in [0.1, 0.15) is 17.1 Å². The number of thiazole rings is 1. The Bertz CT molecular complexity index is 1150. The quantitative estimate of drug-likeness (QED) is 0.421. The molecule has 4 rings (SSSR count). The Balaban J connectivity index is 1.63. The van der Waals surface area contributed by atoms with Crippen LogP contribution < -0.4 is 9.64 Å². The lowest BCUT2D eigenvalue weighted by Crippen LogP contribution is -2.31. The van der Waals surface area contributed by atoms with Gasteiger partial charge in [0.15, 0.2) is 5.13 Å². The number of para-hydroxylation sites is 1. The first-order chi connectivity index (χ1) is 14.6. The monoisotopic (exact) mass is 421 g/mol. The number of hydrogen-bond donors (Lipinski definition) is 0. The number of hydrogen-bond acceptors (Lipinski definition) is 5. The lowest BCUT2D eigenvalue weighted by molar-refractivity contribution is -0.118. The molecule has 0 atom stereocenters. The Hall–Kier alpha value is -3.32. The Morgan fingerprint density at radius 2 is 1.93 bits per heavy atom. The van der Waals surface area contributed by atoms with Gasteiger partial charge in [0.2, 0.25) is 5.91 Å². The molecule has 0 spiro atoms. The van der Waals surface area contributed by atoms with Gasteiger partial charge in [-0.15, -0.1) is 0 Å². The van der Waals surface area contributed by atoms with Crippen LogP contribution in [0.1, 0.15) is 18.1 Å². The lowest BCUT2D eigenvalue weighted by Gasteiger charge is -2.20. The summed E-state index contributed by atoms with van der Waals surface area (Å²) in [6.07, 6.45) is 3.60. The van der Waals surface area contributed by atoms with Gasteiger partial charge >= 0.3 is 0 Å². The molecule has 0 aliphatic heterocycles. The highest BCUT2D eigenvalue weighted by molar-refractivity contribution is 7.22. The zero-order valence-corrected chi connectivity index (χ0v) is 17.2. The molecule has 152 valence electrons. The number of nitrogens with zero attached hydrogens (tertiary/aromatic N) is 3. The fourth-order valence-corrected chi connectivity index (χ4v) is 4.09. The Labute approximate surface area is 177 Å². The molecule has 0 saturated heterocycles. The van der Waals surface area contributed by atoms with E-state index in [9.17, 15) is 9.18 Å². The number of rotatable bonds is 7. The lowest BCUT2D eigenvalue weighted by atomic mass is 10.1. The van der Waals surface area contributed by atoms with Gasteiger partial charge in [-0.1, -0.05) is 35.6 Å². The number of carbonyl (C=O) groups excluding carboxylic acids is 1. The van der Waals surface area contributed by atoms with Crippen LogP contribution in [0, 0.1) is 5.82 Å². The number of fused-ring (bicyclic) bond motifs is 1. The maximum atomic E-state index is 14.2. The second kappa shape index (κ2) is 9.00. The zero-order chi connectivity index (χ0) is 20.9. The summed E-state index contributed by atoms with van der Waals surface area (Å²) in [5.41, 5.74) is 2.02. The Morgan fingerprint density at radius 1 is 1.10 bits per heavy atom. The van der Waals surface area contributed by atoms with Crippen molar-refractivity contribution < 1.29 is 13.9 Å². The summed E-state index contributed by atoms with van der Waals surface area (Å²) >= 11 is 1.30. The topological polar surface area (TPSA) is 55.3 Å². The number of benzene rings is 2. The van der Waals surface area contributed by atoms with Crippen molar-refractivity contribution in [3.8, 4) is 5.75 Å². The molecular formula is C23H20FN3O2S. The predicted molar refractivity (Wildman–Crippen MR) is 116 cm³/mol. The number of pyridine rings is 1. The highest BCUT2D eigenvalue weighted by Gasteiger charge is 2.21. The number of aromatic nitrogens is 2. The molecule has 5 nitrogen and oxygen atoms in total. The summed E-state index contributed by atoms with van der Waals surface area (Å²) in [5, 5.41) is 0.467. The first-order valence-electron chi connectivity index (χ1n) is 9.60. The first kappa shape index (κ1) is 20.0. The van der Waals surface area contributed by atoms with Crippen LogP contribution in [0.4, 0.5) is 9.52 Å². The smallest absolute Gasteiger partial charge is 0.233 e. The third-order valence-corrected chi connectivity index (χ3v) is 5.59. The van der Waals surface area contributed by atoms with Gasteiger partial charge in [-0.2, -0.15) is 0 Å². The summed E-state index contributed by atoms with van der Waals surface area (Å²) in [6, 6.07) is 16.0. The predicted octanol–water partition coefficient (Wildman–Crippen LogP) is 5.01. The van der Waals surface area contributed by atoms with E-state index in [0.29, 0.717) is 23.0 Å². The third kappa shape index (κ3) is 4.46. The molecule has 2 heterocycles. The SMILES string of the molecule is CCOc1ccc(CC(=O)N(Cc2cccnc2)c2nc3c(F)cccc3s2)cc1. The van der Waals surface area contributed by atoms with Crippen molar-refractivity contribution in [2.24, 2.45) is 0 Å². The summed E-state index contributed by atoms with van der Waals surface area (Å²) in [6.45, 7) is 2.82. The van der Waals surface area contributed by atoms with Gasteiger partial charge in [0, 0.05) is 12.4 Å². The molecule has 0 bridgehead atoms. The number of halogens is 1. The maximum Gasteiger partial charge on any atom is 0.233 e. The van der Waals surface area contributed by atoms with Gasteiger partial charge < -0.3 is 4.74 Å². The van der Waals surface area contributed by atoms with E-state index < -0.39 is 5.82 Å². The average Bonchev–Trinajstić information content (AvgIpc) is 3.20. The van der Waals surface area contributed by atoms with Crippen molar-refractivity contribution in [3.63, 3.8) is 0 Å². The van der Waals surface area contributed by atoms with E-state index in [1.54, 1.807) is 29.4 Å². The fraction of sp³-hybridized carbons (Fsp3) is 0.174. The van der Waals surface area contributed by atoms with Crippen molar-refractivity contribution in [2.45, 2.75) is 19.9 Å². The van der Waals surface area contributed by atoms with E-state index >= 15 is 0 Å². The summed E-state index contributed by atoms with van der Waals surface area (Å²) < 4.78 is 20.3. The average molecular weight is 421 g/mol. The van der Waals surface area contributed by atoms with E-state index in [2.05, 4.69) is 9.97 Å². The van der Waals surface area contributed by atoms with Gasteiger partial charge in [-0.05, 0) is 48.4 Å². The molecule has 0 radical (unpaired) electrons. The molecule has 0 aliphatic rings. The van der Waals surface area contributed by atoms with Crippen molar-refractivity contribution in [2.75, 3.05) is 11.5 Å². The summed E-state index contributed by atoms with van der Waals surface area (Å²) in [7, 11) is 0. The number of anilines is 1. The van der Waals surface area contributed by atoms with Crippen LogP contribution in [-0.2, 0) is 17.8 Å². The zero-order valence-electron chi connectivity index (χ0n) is 16.4. The molecule has 1 amide bonds. The van der Waals surface area contributed by atoms with Crippen LogP contribution in [0.2, 0.25) is 0 Å². The second-order valence-electron chi connectivity index (χ2n) is 6.68. The van der Waals surface area contributed by atoms with Crippen molar-refractivity contribution in [1.82, 2.24) is 9.97 Å². The van der Waals surface area contributed by atoms with E-state index in [1.165, 1.54) is 17.4 Å². The molecule has 4 aromatic rings. The largest absolute Gasteiger partial charge is 0.494 e. The highest BCUT2D eigenvalue weighted by atomic mass is 32.1. The van der Waals surface area contributed by atoms with Crippen molar-refractivity contribution in [1.29, 1.82) is 0 Å². The molecule has 30 heavy (non-hydrogen) atoms. The molecule has 0 fully saturated rings. The molecule has 0 aliphatic carbocycles. The molecule has 2 aromatic heterocycles. The molecule has 0 saturated carbocycles. The Kier molecular flexibility index (Phi) is 5.99. The summed E-state index contributed by atoms with van der Waals surface area (Å²) in [4.78, 5) is 23.4. The van der Waals surface area contributed by atoms with Gasteiger partial charge in [-0.25, -0.2) is 9.37 Å². The maximum absolute atomic E-state index is 14.2. The minimum Gasteiger partial charge on any atom is -0.494 e. The van der Waals surface area contributed by atoms with Crippen LogP contribution in [0.5, 0.6) is 5.75 Å². The van der Waals surface area contributed by atoms with Crippen LogP contribution in [-0.4, -0.2) is 22.5 Å². The fourth-order valence-electron chi connectivity index (χ4n) is 3.10. The van der Waals surface area contributed by atoms with Crippen LogP contribution in [0.25, 0.3) is 10.2 Å². The van der Waals surface area contributed by atoms with Gasteiger partial charge in [0.05, 0.1) is 24.3 Å². The molecular weight excluding hydrogens is 401 g/mol. The first-order valence-corrected chi connectivity index (χ1v) is 10.4. The minimum absolute atomic E-state index is 0.123. The van der Waals surface area contributed by atoms with E-state index in [-0.39, 0.29) is 17.8 Å². The van der Waals surface area contributed by atoms with Gasteiger partial charge in [0.25, 0.3) is 0 Å². The normalized spacial score (nSPS) is 10.9. The molecule has 7 heteroatoms. The number of carbonyl (C=O) groups is 1. The third-order valence-electron chi connectivity index (χ3n) is 4.54. The highest BCUT2D eigenvalue weighted by Crippen LogP contribution is 2.31. The molecule has 2 aromatic carbocycles. The van der Waals surface area contributed by atoms with E-state index in [1.807, 2.05) is 43.3 Å². The van der Waals surface area contributed by atoms with Gasteiger partial charge in [-0.3, -0.25) is 14.7 Å². The van der Waals surface area contributed by atoms with Crippen LogP contribution in [0.15, 0.2) is 67.0 Å². The van der Waals surface area contributed by atoms with E-state index in [0.717, 1.165) is 16.9 Å². The standard InChI is InChI=1S/C23H20FN3O2S/c1-2-29-18-10-8-16(9-11-18)13-21(28)27(15-17-5-4-12-25-14-17)23-26-22-19(24)6-3-7-20(22)30-23/h3-12,14H,2,13,15H2,1H3. The minimum atomic E-state index is -0.393. The number of ether oxygens (including phenoxy) is 1.